The number of nitrogens with zero attached hydrogens (tertiary/aromatic N) is 3. The van der Waals surface area contributed by atoms with Gasteiger partial charge < -0.3 is 19.4 Å². The third kappa shape index (κ3) is 2.78. The summed E-state index contributed by atoms with van der Waals surface area (Å²) in [6.45, 7) is 3.62. The van der Waals surface area contributed by atoms with Crippen LogP contribution in [0.3, 0.4) is 0 Å². The van der Waals surface area contributed by atoms with Gasteiger partial charge in [-0.3, -0.25) is 9.59 Å². The van der Waals surface area contributed by atoms with Gasteiger partial charge in [0.15, 0.2) is 0 Å². The van der Waals surface area contributed by atoms with Crippen molar-refractivity contribution in [3.63, 3.8) is 0 Å². The maximum Gasteiger partial charge on any atom is 0.254 e. The molecule has 1 saturated heterocycles. The van der Waals surface area contributed by atoms with E-state index in [1.807, 2.05) is 4.90 Å². The number of hydrogen-bond acceptors (Lipinski definition) is 4. The summed E-state index contributed by atoms with van der Waals surface area (Å²) in [6.07, 6.45) is 0.354. The molecule has 0 bridgehead atoms. The van der Waals surface area contributed by atoms with Gasteiger partial charge in [0, 0.05) is 38.8 Å². The van der Waals surface area contributed by atoms with Gasteiger partial charge in [0.2, 0.25) is 5.91 Å². The van der Waals surface area contributed by atoms with E-state index in [1.54, 1.807) is 30.1 Å². The number of benzene rings is 1. The van der Waals surface area contributed by atoms with Gasteiger partial charge in [-0.25, -0.2) is 0 Å². The fraction of sp³-hybridized carbons (Fsp3) is 0.500. The van der Waals surface area contributed by atoms with Crippen molar-refractivity contribution in [1.29, 1.82) is 0 Å². The monoisotopic (exact) mass is 303 g/mol. The molecule has 6 nitrogen and oxygen atoms in total. The molecule has 2 heterocycles. The van der Waals surface area contributed by atoms with Crippen LogP contribution < -0.4 is 9.64 Å². The summed E-state index contributed by atoms with van der Waals surface area (Å²) < 4.78 is 5.59. The van der Waals surface area contributed by atoms with Gasteiger partial charge in [-0.1, -0.05) is 0 Å². The lowest BCUT2D eigenvalue weighted by atomic mass is 10.1. The van der Waals surface area contributed by atoms with Crippen molar-refractivity contribution in [3.05, 3.63) is 23.8 Å². The summed E-state index contributed by atoms with van der Waals surface area (Å²) in [5, 5.41) is 0. The molecular weight excluding hydrogens is 282 g/mol. The Morgan fingerprint density at radius 1 is 1.14 bits per heavy atom. The van der Waals surface area contributed by atoms with E-state index in [-0.39, 0.29) is 11.8 Å². The summed E-state index contributed by atoms with van der Waals surface area (Å²) in [6, 6.07) is 5.33. The Labute approximate surface area is 130 Å². The highest BCUT2D eigenvalue weighted by molar-refractivity contribution is 5.99. The predicted octanol–water partition coefficient (Wildman–Crippen LogP) is 0.819. The second kappa shape index (κ2) is 5.96. The van der Waals surface area contributed by atoms with E-state index < -0.39 is 0 Å². The third-order valence-electron chi connectivity index (χ3n) is 4.31. The number of fused-ring (bicyclic) bond motifs is 1. The predicted molar refractivity (Wildman–Crippen MR) is 83.4 cm³/mol. The number of carbonyl (C=O) groups is 2. The van der Waals surface area contributed by atoms with Crippen molar-refractivity contribution in [1.82, 2.24) is 9.80 Å². The standard InChI is InChI=1S/C16H21N3O3/c1-17-6-8-19(9-7-17)16(21)12-3-4-14-13(11-12)18(2)15(20)5-10-22-14/h3-4,11H,5-10H2,1-2H3. The average Bonchev–Trinajstić information content (AvgIpc) is 2.67. The Balaban J connectivity index is 1.85. The number of ether oxygens (including phenoxy) is 1. The van der Waals surface area contributed by atoms with Gasteiger partial charge in [0.1, 0.15) is 5.75 Å². The lowest BCUT2D eigenvalue weighted by Crippen LogP contribution is -2.47. The summed E-state index contributed by atoms with van der Waals surface area (Å²) in [5.41, 5.74) is 1.27. The van der Waals surface area contributed by atoms with Crippen LogP contribution in [0.25, 0.3) is 0 Å². The molecule has 1 aromatic carbocycles. The van der Waals surface area contributed by atoms with Gasteiger partial charge in [0.25, 0.3) is 5.91 Å². The van der Waals surface area contributed by atoms with Crippen LogP contribution in [-0.4, -0.2) is 68.5 Å². The fourth-order valence-corrected chi connectivity index (χ4v) is 2.78. The largest absolute Gasteiger partial charge is 0.491 e. The van der Waals surface area contributed by atoms with Crippen LogP contribution >= 0.6 is 0 Å². The molecule has 0 aliphatic carbocycles. The Morgan fingerprint density at radius 3 is 2.59 bits per heavy atom. The molecule has 0 unspecified atom stereocenters. The number of likely N-dealkylation sites (N-methyl/N-ethyl adjacent to an activating group) is 1. The highest BCUT2D eigenvalue weighted by Crippen LogP contribution is 2.31. The average molecular weight is 303 g/mol. The minimum absolute atomic E-state index is 0.00273. The molecule has 6 heteroatoms. The maximum absolute atomic E-state index is 12.6. The van der Waals surface area contributed by atoms with E-state index in [0.717, 1.165) is 26.2 Å². The van der Waals surface area contributed by atoms with E-state index >= 15 is 0 Å². The van der Waals surface area contributed by atoms with Crippen LogP contribution in [0.2, 0.25) is 0 Å². The van der Waals surface area contributed by atoms with Gasteiger partial charge in [-0.2, -0.15) is 0 Å². The van der Waals surface area contributed by atoms with E-state index in [1.165, 1.54) is 0 Å². The van der Waals surface area contributed by atoms with Crippen LogP contribution in [0.5, 0.6) is 5.75 Å². The second-order valence-electron chi connectivity index (χ2n) is 5.83. The second-order valence-corrected chi connectivity index (χ2v) is 5.83. The first-order chi connectivity index (χ1) is 10.6. The summed E-state index contributed by atoms with van der Waals surface area (Å²) in [4.78, 5) is 30.2. The van der Waals surface area contributed by atoms with Crippen LogP contribution in [0.15, 0.2) is 18.2 Å². The minimum Gasteiger partial charge on any atom is -0.491 e. The molecule has 2 aliphatic rings. The molecule has 1 fully saturated rings. The van der Waals surface area contributed by atoms with Crippen molar-refractivity contribution < 1.29 is 14.3 Å². The van der Waals surface area contributed by atoms with Crippen molar-refractivity contribution in [2.75, 3.05) is 51.8 Å². The lowest BCUT2D eigenvalue weighted by molar-refractivity contribution is -0.118. The van der Waals surface area contributed by atoms with Crippen LogP contribution in [-0.2, 0) is 4.79 Å². The highest BCUT2D eigenvalue weighted by atomic mass is 16.5. The van der Waals surface area contributed by atoms with Gasteiger partial charge >= 0.3 is 0 Å². The van der Waals surface area contributed by atoms with Gasteiger partial charge in [-0.15, -0.1) is 0 Å². The highest BCUT2D eigenvalue weighted by Gasteiger charge is 2.24. The zero-order valence-corrected chi connectivity index (χ0v) is 13.0. The van der Waals surface area contributed by atoms with E-state index in [0.29, 0.717) is 30.0 Å². The van der Waals surface area contributed by atoms with Crippen LogP contribution in [0.1, 0.15) is 16.8 Å². The Bertz CT molecular complexity index is 594. The number of carbonyl (C=O) groups excluding carboxylic acids is 2. The molecule has 0 saturated carbocycles. The number of piperazine rings is 1. The molecule has 118 valence electrons. The Kier molecular flexibility index (Phi) is 4.02. The van der Waals surface area contributed by atoms with Crippen LogP contribution in [0.4, 0.5) is 5.69 Å². The minimum atomic E-state index is 0.00273. The Morgan fingerprint density at radius 2 is 1.86 bits per heavy atom. The quantitative estimate of drug-likeness (QED) is 0.771. The van der Waals surface area contributed by atoms with Crippen molar-refractivity contribution in [2.45, 2.75) is 6.42 Å². The van der Waals surface area contributed by atoms with E-state index in [4.69, 9.17) is 4.74 Å². The van der Waals surface area contributed by atoms with E-state index in [9.17, 15) is 9.59 Å². The van der Waals surface area contributed by atoms with Crippen LogP contribution in [0, 0.1) is 0 Å². The zero-order chi connectivity index (χ0) is 15.7. The molecule has 3 rings (SSSR count). The van der Waals surface area contributed by atoms with E-state index in [2.05, 4.69) is 11.9 Å². The molecular formula is C16H21N3O3. The number of amides is 2. The van der Waals surface area contributed by atoms with Gasteiger partial charge in [-0.05, 0) is 25.2 Å². The maximum atomic E-state index is 12.6. The van der Waals surface area contributed by atoms with Crippen molar-refractivity contribution in [3.8, 4) is 5.75 Å². The molecule has 0 atom stereocenters. The number of hydrogen-bond donors (Lipinski definition) is 0. The summed E-state index contributed by atoms with van der Waals surface area (Å²) in [7, 11) is 3.78. The summed E-state index contributed by atoms with van der Waals surface area (Å²) in [5.74, 6) is 0.673. The molecule has 0 N–H and O–H groups in total. The normalized spacial score (nSPS) is 19.5. The molecule has 0 spiro atoms. The molecule has 22 heavy (non-hydrogen) atoms. The first-order valence-electron chi connectivity index (χ1n) is 7.57. The zero-order valence-electron chi connectivity index (χ0n) is 13.0. The molecule has 0 aromatic heterocycles. The SMILES string of the molecule is CN1CCN(C(=O)c2ccc3c(c2)N(C)C(=O)CCO3)CC1. The molecule has 2 aliphatic heterocycles. The van der Waals surface area contributed by atoms with Crippen molar-refractivity contribution in [2.24, 2.45) is 0 Å². The first kappa shape index (κ1) is 14.8. The fourth-order valence-electron chi connectivity index (χ4n) is 2.78. The van der Waals surface area contributed by atoms with Crippen molar-refractivity contribution >= 4 is 17.5 Å². The molecule has 2 amide bonds. The number of anilines is 1. The first-order valence-corrected chi connectivity index (χ1v) is 7.57. The molecule has 1 aromatic rings. The third-order valence-corrected chi connectivity index (χ3v) is 4.31. The summed E-state index contributed by atoms with van der Waals surface area (Å²) >= 11 is 0. The number of rotatable bonds is 1. The lowest BCUT2D eigenvalue weighted by Gasteiger charge is -2.32. The van der Waals surface area contributed by atoms with Gasteiger partial charge in [0.05, 0.1) is 18.7 Å². The Hall–Kier alpha value is -2.08. The topological polar surface area (TPSA) is 53.1 Å². The molecule has 0 radical (unpaired) electrons. The smallest absolute Gasteiger partial charge is 0.254 e.